The Morgan fingerprint density at radius 2 is 1.69 bits per heavy atom. The molecule has 2 rings (SSSR count). The summed E-state index contributed by atoms with van der Waals surface area (Å²) >= 11 is 0. The summed E-state index contributed by atoms with van der Waals surface area (Å²) in [5.41, 5.74) is 1.41. The number of nitrogens with zero attached hydrogens (tertiary/aromatic N) is 1. The quantitative estimate of drug-likeness (QED) is 0.342. The lowest BCUT2D eigenvalue weighted by Crippen LogP contribution is -2.42. The van der Waals surface area contributed by atoms with Gasteiger partial charge in [-0.2, -0.15) is 0 Å². The molecule has 0 spiro atoms. The van der Waals surface area contributed by atoms with Gasteiger partial charge in [0.2, 0.25) is 5.91 Å². The molecule has 5 nitrogen and oxygen atoms in total. The van der Waals surface area contributed by atoms with Crippen LogP contribution in [0.5, 0.6) is 0 Å². The summed E-state index contributed by atoms with van der Waals surface area (Å²) in [5.74, 6) is 1.27. The molecule has 0 bridgehead atoms. The maximum atomic E-state index is 11.7. The summed E-state index contributed by atoms with van der Waals surface area (Å²) in [6.07, 6.45) is 4.18. The van der Waals surface area contributed by atoms with Crippen molar-refractivity contribution in [1.29, 1.82) is 0 Å². The van der Waals surface area contributed by atoms with E-state index in [-0.39, 0.29) is 17.2 Å². The fourth-order valence-corrected chi connectivity index (χ4v) is 3.19. The fraction of sp³-hybridized carbons (Fsp3) is 0.619. The maximum absolute atomic E-state index is 11.7. The molecule has 144 valence electrons. The molecule has 1 aromatic carbocycles. The molecule has 1 aliphatic rings. The van der Waals surface area contributed by atoms with Crippen LogP contribution in [0.2, 0.25) is 0 Å². The number of hydrogen-bond acceptors (Lipinski definition) is 2. The van der Waals surface area contributed by atoms with Gasteiger partial charge in [0.05, 0.1) is 6.54 Å². The van der Waals surface area contributed by atoms with Gasteiger partial charge in [0.1, 0.15) is 0 Å². The van der Waals surface area contributed by atoms with Gasteiger partial charge in [0.25, 0.3) is 0 Å². The van der Waals surface area contributed by atoms with Gasteiger partial charge >= 0.3 is 0 Å². The highest BCUT2D eigenvalue weighted by molar-refractivity contribution is 5.81. The second-order valence-electron chi connectivity index (χ2n) is 7.04. The van der Waals surface area contributed by atoms with E-state index in [4.69, 9.17) is 4.99 Å². The average Bonchev–Trinajstić information content (AvgIpc) is 3.52. The predicted molar refractivity (Wildman–Crippen MR) is 108 cm³/mol. The Balaban J connectivity index is 1.93. The molecule has 1 saturated carbocycles. The van der Waals surface area contributed by atoms with Crippen molar-refractivity contribution >= 4 is 11.9 Å². The molecule has 26 heavy (non-hydrogen) atoms. The van der Waals surface area contributed by atoms with Crippen LogP contribution in [0.15, 0.2) is 35.3 Å². The second kappa shape index (κ2) is 10.2. The van der Waals surface area contributed by atoms with E-state index in [9.17, 15) is 4.79 Å². The summed E-state index contributed by atoms with van der Waals surface area (Å²) in [5, 5.41) is 9.61. The normalized spacial score (nSPS) is 14.8. The van der Waals surface area contributed by atoms with Crippen molar-refractivity contribution in [3.05, 3.63) is 35.9 Å². The Bertz CT molecular complexity index is 577. The SMILES string of the molecule is CCNC(=NCC(CC)(CC)c1ccccc1)NCCNC(=O)C1CC1. The minimum absolute atomic E-state index is 0.0593. The fourth-order valence-electron chi connectivity index (χ4n) is 3.19. The molecule has 0 aliphatic heterocycles. The van der Waals surface area contributed by atoms with E-state index < -0.39 is 0 Å². The summed E-state index contributed by atoms with van der Waals surface area (Å²) in [6.45, 7) is 9.41. The van der Waals surface area contributed by atoms with Crippen molar-refractivity contribution in [2.24, 2.45) is 10.9 Å². The number of rotatable bonds is 10. The summed E-state index contributed by atoms with van der Waals surface area (Å²) in [6, 6.07) is 10.7. The monoisotopic (exact) mass is 358 g/mol. The molecule has 1 aliphatic carbocycles. The van der Waals surface area contributed by atoms with Crippen LogP contribution < -0.4 is 16.0 Å². The van der Waals surface area contributed by atoms with Crippen molar-refractivity contribution < 1.29 is 4.79 Å². The Hall–Kier alpha value is -2.04. The molecule has 0 aromatic heterocycles. The lowest BCUT2D eigenvalue weighted by Gasteiger charge is -2.31. The molecule has 0 radical (unpaired) electrons. The van der Waals surface area contributed by atoms with Gasteiger partial charge in [-0.15, -0.1) is 0 Å². The summed E-state index contributed by atoms with van der Waals surface area (Å²) in [4.78, 5) is 16.5. The Labute approximate surface area is 158 Å². The van der Waals surface area contributed by atoms with E-state index in [1.165, 1.54) is 5.56 Å². The Kier molecular flexibility index (Phi) is 7.95. The Morgan fingerprint density at radius 1 is 1.04 bits per heavy atom. The van der Waals surface area contributed by atoms with Gasteiger partial charge in [-0.05, 0) is 38.2 Å². The highest BCUT2D eigenvalue weighted by Crippen LogP contribution is 2.32. The molecule has 1 aromatic rings. The van der Waals surface area contributed by atoms with Crippen molar-refractivity contribution in [3.8, 4) is 0 Å². The maximum Gasteiger partial charge on any atom is 0.223 e. The third-order valence-electron chi connectivity index (χ3n) is 5.29. The van der Waals surface area contributed by atoms with Crippen molar-refractivity contribution in [1.82, 2.24) is 16.0 Å². The Morgan fingerprint density at radius 3 is 2.27 bits per heavy atom. The highest BCUT2D eigenvalue weighted by Gasteiger charge is 2.29. The van der Waals surface area contributed by atoms with E-state index in [1.54, 1.807) is 0 Å². The largest absolute Gasteiger partial charge is 0.357 e. The first-order valence-corrected chi connectivity index (χ1v) is 10.0. The molecule has 5 heteroatoms. The molecule has 1 fully saturated rings. The van der Waals surface area contributed by atoms with Crippen molar-refractivity contribution in [2.75, 3.05) is 26.2 Å². The number of aliphatic imine (C=N–C) groups is 1. The molecular weight excluding hydrogens is 324 g/mol. The van der Waals surface area contributed by atoms with E-state index in [1.807, 2.05) is 0 Å². The molecule has 0 atom stereocenters. The number of guanidine groups is 1. The zero-order valence-corrected chi connectivity index (χ0v) is 16.5. The van der Waals surface area contributed by atoms with Crippen molar-refractivity contribution in [2.45, 2.75) is 51.9 Å². The topological polar surface area (TPSA) is 65.5 Å². The third kappa shape index (κ3) is 5.75. The van der Waals surface area contributed by atoms with E-state index in [2.05, 4.69) is 67.1 Å². The van der Waals surface area contributed by atoms with Crippen LogP contribution in [-0.2, 0) is 10.2 Å². The van der Waals surface area contributed by atoms with Crippen LogP contribution in [0.1, 0.15) is 52.0 Å². The van der Waals surface area contributed by atoms with Crippen molar-refractivity contribution in [3.63, 3.8) is 0 Å². The van der Waals surface area contributed by atoms with E-state index in [0.29, 0.717) is 13.1 Å². The standard InChI is InChI=1S/C21H34N4O/c1-4-21(5-2,18-10-8-7-9-11-18)16-25-20(22-6-3)24-15-14-23-19(26)17-12-13-17/h7-11,17H,4-6,12-16H2,1-3H3,(H,23,26)(H2,22,24,25). The molecule has 0 saturated heterocycles. The lowest BCUT2D eigenvalue weighted by atomic mass is 9.76. The molecule has 3 N–H and O–H groups in total. The first-order chi connectivity index (χ1) is 12.6. The number of hydrogen-bond donors (Lipinski definition) is 3. The van der Waals surface area contributed by atoms with Gasteiger partial charge in [0.15, 0.2) is 5.96 Å². The molecule has 0 unspecified atom stereocenters. The number of carbonyl (C=O) groups is 1. The number of benzene rings is 1. The number of carbonyl (C=O) groups excluding carboxylic acids is 1. The average molecular weight is 359 g/mol. The molecule has 0 heterocycles. The summed E-state index contributed by atoms with van der Waals surface area (Å²) < 4.78 is 0. The van der Waals surface area contributed by atoms with Gasteiger partial charge in [-0.25, -0.2) is 0 Å². The predicted octanol–water partition coefficient (Wildman–Crippen LogP) is 2.83. The highest BCUT2D eigenvalue weighted by atomic mass is 16.2. The van der Waals surface area contributed by atoms with Crippen LogP contribution in [0.3, 0.4) is 0 Å². The van der Waals surface area contributed by atoms with Crippen LogP contribution in [0.25, 0.3) is 0 Å². The van der Waals surface area contributed by atoms with Crippen LogP contribution >= 0.6 is 0 Å². The zero-order valence-electron chi connectivity index (χ0n) is 16.5. The first-order valence-electron chi connectivity index (χ1n) is 10.0. The lowest BCUT2D eigenvalue weighted by molar-refractivity contribution is -0.122. The molecule has 1 amide bonds. The minimum Gasteiger partial charge on any atom is -0.357 e. The number of nitrogens with one attached hydrogen (secondary N) is 3. The third-order valence-corrected chi connectivity index (χ3v) is 5.29. The molecular formula is C21H34N4O. The van der Waals surface area contributed by atoms with Crippen LogP contribution in [0.4, 0.5) is 0 Å². The minimum atomic E-state index is 0.0593. The van der Waals surface area contributed by atoms with E-state index in [0.717, 1.165) is 44.7 Å². The van der Waals surface area contributed by atoms with Gasteiger partial charge in [0, 0.05) is 31.0 Å². The van der Waals surface area contributed by atoms with Gasteiger partial charge in [-0.3, -0.25) is 9.79 Å². The van der Waals surface area contributed by atoms with Crippen LogP contribution in [0, 0.1) is 5.92 Å². The van der Waals surface area contributed by atoms with E-state index >= 15 is 0 Å². The summed E-state index contributed by atoms with van der Waals surface area (Å²) in [7, 11) is 0. The van der Waals surface area contributed by atoms with Crippen LogP contribution in [-0.4, -0.2) is 38.0 Å². The zero-order chi connectivity index (χ0) is 18.8. The number of amides is 1. The van der Waals surface area contributed by atoms with Gasteiger partial charge in [-0.1, -0.05) is 44.2 Å². The first kappa shape index (κ1) is 20.3. The second-order valence-corrected chi connectivity index (χ2v) is 7.04. The van der Waals surface area contributed by atoms with Gasteiger partial charge < -0.3 is 16.0 Å². The smallest absolute Gasteiger partial charge is 0.223 e.